The molecule has 0 aliphatic heterocycles. The molecule has 0 saturated heterocycles. The molecular weight excluding hydrogens is 248 g/mol. The summed E-state index contributed by atoms with van der Waals surface area (Å²) < 4.78 is 5.45. The minimum Gasteiger partial charge on any atom is -0.494 e. The van der Waals surface area contributed by atoms with E-state index in [-0.39, 0.29) is 5.92 Å². The van der Waals surface area contributed by atoms with E-state index in [1.807, 2.05) is 19.1 Å². The van der Waals surface area contributed by atoms with E-state index < -0.39 is 0 Å². The summed E-state index contributed by atoms with van der Waals surface area (Å²) in [6.07, 6.45) is 6.69. The minimum atomic E-state index is 0.114. The van der Waals surface area contributed by atoms with Crippen LogP contribution in [0.3, 0.4) is 0 Å². The Bertz CT molecular complexity index is 422. The summed E-state index contributed by atoms with van der Waals surface area (Å²) in [5.41, 5.74) is 1.16. The summed E-state index contributed by atoms with van der Waals surface area (Å²) in [6, 6.07) is 8.07. The molecule has 1 saturated carbocycles. The van der Waals surface area contributed by atoms with Gasteiger partial charge in [-0.1, -0.05) is 38.3 Å². The Morgan fingerprint density at radius 2 is 1.90 bits per heavy atom. The zero-order chi connectivity index (χ0) is 14.4. The van der Waals surface area contributed by atoms with Gasteiger partial charge in [-0.25, -0.2) is 0 Å². The smallest absolute Gasteiger partial charge is 0.140 e. The van der Waals surface area contributed by atoms with Crippen molar-refractivity contribution in [2.45, 2.75) is 58.3 Å². The first-order chi connectivity index (χ1) is 9.74. The highest BCUT2D eigenvalue weighted by molar-refractivity contribution is 5.86. The molecule has 0 radical (unpaired) electrons. The molecular formula is C18H26O2. The first-order valence-electron chi connectivity index (χ1n) is 8.00. The highest BCUT2D eigenvalue weighted by Gasteiger charge is 2.29. The number of ether oxygens (including phenoxy) is 1. The van der Waals surface area contributed by atoms with Gasteiger partial charge in [0, 0.05) is 12.3 Å². The van der Waals surface area contributed by atoms with Crippen LogP contribution >= 0.6 is 0 Å². The van der Waals surface area contributed by atoms with Crippen molar-refractivity contribution in [3.05, 3.63) is 29.8 Å². The largest absolute Gasteiger partial charge is 0.494 e. The van der Waals surface area contributed by atoms with E-state index >= 15 is 0 Å². The van der Waals surface area contributed by atoms with Crippen molar-refractivity contribution in [3.63, 3.8) is 0 Å². The number of rotatable bonds is 6. The molecule has 0 amide bonds. The molecule has 2 rings (SSSR count). The van der Waals surface area contributed by atoms with Crippen LogP contribution in [0.5, 0.6) is 5.75 Å². The lowest BCUT2D eigenvalue weighted by atomic mass is 9.76. The number of hydrogen-bond acceptors (Lipinski definition) is 2. The Morgan fingerprint density at radius 1 is 1.15 bits per heavy atom. The van der Waals surface area contributed by atoms with Gasteiger partial charge in [-0.2, -0.15) is 0 Å². The monoisotopic (exact) mass is 274 g/mol. The third-order valence-corrected chi connectivity index (χ3v) is 4.30. The standard InChI is InChI=1S/C18H26O2/c1-3-5-6-14-7-12-17(18(19)13-14)15-8-10-16(11-9-15)20-4-2/h8-11,14,17H,3-7,12-13H2,1-2H3/t14-,17+/m1/s1. The molecule has 20 heavy (non-hydrogen) atoms. The van der Waals surface area contributed by atoms with E-state index in [0.717, 1.165) is 24.2 Å². The van der Waals surface area contributed by atoms with Crippen LogP contribution in [0, 0.1) is 5.92 Å². The van der Waals surface area contributed by atoms with Crippen LogP contribution in [-0.2, 0) is 4.79 Å². The zero-order valence-electron chi connectivity index (χ0n) is 12.7. The highest BCUT2D eigenvalue weighted by Crippen LogP contribution is 2.35. The molecule has 1 aliphatic carbocycles. The van der Waals surface area contributed by atoms with Crippen molar-refractivity contribution in [3.8, 4) is 5.75 Å². The van der Waals surface area contributed by atoms with E-state index in [1.165, 1.54) is 25.7 Å². The summed E-state index contributed by atoms with van der Waals surface area (Å²) in [4.78, 5) is 12.3. The summed E-state index contributed by atoms with van der Waals surface area (Å²) in [5.74, 6) is 2.06. The third kappa shape index (κ3) is 3.84. The van der Waals surface area contributed by atoms with Crippen molar-refractivity contribution in [1.82, 2.24) is 0 Å². The maximum absolute atomic E-state index is 12.3. The first kappa shape index (κ1) is 15.1. The second-order valence-electron chi connectivity index (χ2n) is 5.81. The minimum absolute atomic E-state index is 0.114. The number of ketones is 1. The summed E-state index contributed by atoms with van der Waals surface area (Å²) >= 11 is 0. The lowest BCUT2D eigenvalue weighted by Crippen LogP contribution is -2.23. The number of carbonyl (C=O) groups excluding carboxylic acids is 1. The fourth-order valence-corrected chi connectivity index (χ4v) is 3.15. The number of benzene rings is 1. The van der Waals surface area contributed by atoms with Gasteiger partial charge in [0.15, 0.2) is 0 Å². The SMILES string of the molecule is CCCC[C@@H]1CC[C@@H](c2ccc(OCC)cc2)C(=O)C1. The Balaban J connectivity index is 1.95. The van der Waals surface area contributed by atoms with Crippen LogP contribution in [0.15, 0.2) is 24.3 Å². The lowest BCUT2D eigenvalue weighted by molar-refractivity contribution is -0.123. The van der Waals surface area contributed by atoms with Gasteiger partial charge >= 0.3 is 0 Å². The first-order valence-corrected chi connectivity index (χ1v) is 8.00. The zero-order valence-corrected chi connectivity index (χ0v) is 12.7. The van der Waals surface area contributed by atoms with Gasteiger partial charge < -0.3 is 4.74 Å². The third-order valence-electron chi connectivity index (χ3n) is 4.30. The van der Waals surface area contributed by atoms with Gasteiger partial charge in [-0.15, -0.1) is 0 Å². The molecule has 1 aliphatic rings. The molecule has 1 aromatic carbocycles. The fraction of sp³-hybridized carbons (Fsp3) is 0.611. The predicted molar refractivity (Wildman–Crippen MR) is 82.2 cm³/mol. The van der Waals surface area contributed by atoms with Crippen LogP contribution in [0.1, 0.15) is 63.9 Å². The van der Waals surface area contributed by atoms with E-state index in [1.54, 1.807) is 0 Å². The van der Waals surface area contributed by atoms with E-state index in [4.69, 9.17) is 4.74 Å². The molecule has 110 valence electrons. The molecule has 0 heterocycles. The van der Waals surface area contributed by atoms with Crippen LogP contribution < -0.4 is 4.74 Å². The van der Waals surface area contributed by atoms with Crippen molar-refractivity contribution in [2.24, 2.45) is 5.92 Å². The van der Waals surface area contributed by atoms with Crippen molar-refractivity contribution < 1.29 is 9.53 Å². The molecule has 0 spiro atoms. The van der Waals surface area contributed by atoms with Gasteiger partial charge in [-0.05, 0) is 43.4 Å². The lowest BCUT2D eigenvalue weighted by Gasteiger charge is -2.27. The normalized spacial score (nSPS) is 22.8. The number of Topliss-reactive ketones (excluding diaryl/α,β-unsaturated/α-hetero) is 1. The summed E-state index contributed by atoms with van der Waals surface area (Å²) in [5, 5.41) is 0. The highest BCUT2D eigenvalue weighted by atomic mass is 16.5. The van der Waals surface area contributed by atoms with Crippen LogP contribution in [0.2, 0.25) is 0 Å². The van der Waals surface area contributed by atoms with Gasteiger partial charge in [0.25, 0.3) is 0 Å². The molecule has 0 N–H and O–H groups in total. The second kappa shape index (κ2) is 7.47. The van der Waals surface area contributed by atoms with Crippen LogP contribution in [0.4, 0.5) is 0 Å². The summed E-state index contributed by atoms with van der Waals surface area (Å²) in [7, 11) is 0. The second-order valence-corrected chi connectivity index (χ2v) is 5.81. The molecule has 0 bridgehead atoms. The van der Waals surface area contributed by atoms with Crippen molar-refractivity contribution in [1.29, 1.82) is 0 Å². The fourth-order valence-electron chi connectivity index (χ4n) is 3.15. The molecule has 0 aromatic heterocycles. The van der Waals surface area contributed by atoms with E-state index in [2.05, 4.69) is 19.1 Å². The van der Waals surface area contributed by atoms with Crippen LogP contribution in [-0.4, -0.2) is 12.4 Å². The quantitative estimate of drug-likeness (QED) is 0.749. The van der Waals surface area contributed by atoms with Crippen LogP contribution in [0.25, 0.3) is 0 Å². The maximum Gasteiger partial charge on any atom is 0.140 e. The molecule has 0 unspecified atom stereocenters. The van der Waals surface area contributed by atoms with Gasteiger partial charge in [0.1, 0.15) is 11.5 Å². The van der Waals surface area contributed by atoms with Crippen molar-refractivity contribution >= 4 is 5.78 Å². The Hall–Kier alpha value is -1.31. The maximum atomic E-state index is 12.3. The summed E-state index contributed by atoms with van der Waals surface area (Å²) in [6.45, 7) is 4.88. The van der Waals surface area contributed by atoms with Gasteiger partial charge in [0.2, 0.25) is 0 Å². The molecule has 1 fully saturated rings. The molecule has 2 nitrogen and oxygen atoms in total. The molecule has 2 heteroatoms. The van der Waals surface area contributed by atoms with E-state index in [9.17, 15) is 4.79 Å². The Kier molecular flexibility index (Phi) is 5.63. The number of carbonyl (C=O) groups is 1. The van der Waals surface area contributed by atoms with E-state index in [0.29, 0.717) is 18.3 Å². The van der Waals surface area contributed by atoms with Gasteiger partial charge in [-0.3, -0.25) is 4.79 Å². The average Bonchev–Trinajstić information content (AvgIpc) is 2.47. The van der Waals surface area contributed by atoms with Crippen molar-refractivity contribution in [2.75, 3.05) is 6.61 Å². The number of unbranched alkanes of at least 4 members (excludes halogenated alkanes) is 1. The average molecular weight is 274 g/mol. The Morgan fingerprint density at radius 3 is 2.50 bits per heavy atom. The topological polar surface area (TPSA) is 26.3 Å². The molecule has 2 atom stereocenters. The number of hydrogen-bond donors (Lipinski definition) is 0. The van der Waals surface area contributed by atoms with Gasteiger partial charge in [0.05, 0.1) is 6.61 Å². The predicted octanol–water partition coefficient (Wildman–Crippen LogP) is 4.73. The molecule has 1 aromatic rings. The Labute approximate surface area is 122 Å².